The number of rotatable bonds is 20. The number of hydrogen-bond acceptors (Lipinski definition) is 8. The Bertz CT molecular complexity index is 1890. The van der Waals surface area contributed by atoms with Gasteiger partial charge in [-0.05, 0) is 135 Å². The zero-order chi connectivity index (χ0) is 41.2. The summed E-state index contributed by atoms with van der Waals surface area (Å²) in [6.07, 6.45) is 3.11. The van der Waals surface area contributed by atoms with Crippen molar-refractivity contribution in [1.82, 2.24) is 20.9 Å². The van der Waals surface area contributed by atoms with E-state index in [9.17, 15) is 37.2 Å². The van der Waals surface area contributed by atoms with Crippen molar-refractivity contribution in [2.75, 3.05) is 52.4 Å². The van der Waals surface area contributed by atoms with Crippen LogP contribution in [0.1, 0.15) is 49.8 Å². The molecule has 0 saturated carbocycles. The molecule has 12 heteroatoms. The van der Waals surface area contributed by atoms with Crippen molar-refractivity contribution in [1.29, 1.82) is 0 Å². The molecule has 0 aromatic heterocycles. The molecular weight excluding hydrogens is 713 g/mol. The Labute approximate surface area is 331 Å². The normalized spacial score (nSPS) is 21.8. The first-order valence-electron chi connectivity index (χ1n) is 20.8. The molecule has 3 aromatic carbocycles. The van der Waals surface area contributed by atoms with Gasteiger partial charge in [0.25, 0.3) is 0 Å². The van der Waals surface area contributed by atoms with Crippen LogP contribution >= 0.6 is 0 Å². The van der Waals surface area contributed by atoms with E-state index in [1.165, 1.54) is 0 Å². The highest BCUT2D eigenvalue weighted by molar-refractivity contribution is 5.79. The Balaban J connectivity index is 1.21. The first-order valence-corrected chi connectivity index (χ1v) is 19.8. The van der Waals surface area contributed by atoms with E-state index < -0.39 is 54.7 Å². The summed E-state index contributed by atoms with van der Waals surface area (Å²) in [5.41, 5.74) is 3.58. The van der Waals surface area contributed by atoms with Crippen molar-refractivity contribution in [2.45, 2.75) is 51.5 Å². The number of hydrogen-bond donors (Lipinski definition) is 6. The summed E-state index contributed by atoms with van der Waals surface area (Å²) in [6.45, 7) is 1.31. The lowest BCUT2D eigenvalue weighted by Gasteiger charge is -2.24. The molecule has 6 N–H and O–H groups in total. The second-order valence-corrected chi connectivity index (χ2v) is 15.6. The fraction of sp³-hybridized carbons (Fsp3) is 0.500. The van der Waals surface area contributed by atoms with Gasteiger partial charge in [-0.3, -0.25) is 19.2 Å². The average Bonchev–Trinajstić information content (AvgIpc) is 4.02. The predicted molar refractivity (Wildman–Crippen MR) is 211 cm³/mol. The summed E-state index contributed by atoms with van der Waals surface area (Å²) in [6, 6.07) is 21.5. The van der Waals surface area contributed by atoms with Crippen LogP contribution in [0.5, 0.6) is 5.75 Å². The number of carbonyl (C=O) groups is 4. The molecule has 0 aliphatic carbocycles. The molecule has 0 bridgehead atoms. The van der Waals surface area contributed by atoms with Crippen LogP contribution in [0.4, 0.5) is 0 Å². The van der Waals surface area contributed by atoms with Gasteiger partial charge in [0.05, 0.1) is 33.4 Å². The Hall–Kier alpha value is -4.78. The van der Waals surface area contributed by atoms with Gasteiger partial charge in [-0.2, -0.15) is 0 Å². The van der Waals surface area contributed by atoms with Crippen molar-refractivity contribution in [3.8, 4) is 5.75 Å². The maximum Gasteiger partial charge on any atom is 0.307 e. The summed E-state index contributed by atoms with van der Waals surface area (Å²) in [5, 5.41) is 39.8. The number of carboxylic acids is 3. The summed E-state index contributed by atoms with van der Waals surface area (Å²) < 4.78 is 24.5. The molecule has 3 fully saturated rings. The van der Waals surface area contributed by atoms with Crippen LogP contribution < -0.4 is 20.7 Å². The topological polar surface area (TPSA) is 178 Å². The number of nitrogens with zero attached hydrogens (tertiary/aromatic N) is 1. The number of aliphatic carboxylic acids is 3. The highest BCUT2D eigenvalue weighted by Gasteiger charge is 2.33. The third-order valence-electron chi connectivity index (χ3n) is 11.7. The summed E-state index contributed by atoms with van der Waals surface area (Å²) >= 11 is 0. The molecule has 3 aromatic rings. The molecule has 3 heterocycles. The third kappa shape index (κ3) is 11.4. The quantitative estimate of drug-likeness (QED) is 0.0983. The molecule has 300 valence electrons. The Morgan fingerprint density at radius 3 is 1.54 bits per heavy atom. The summed E-state index contributed by atoms with van der Waals surface area (Å²) in [4.78, 5) is 52.1. The minimum absolute atomic E-state index is 0.00452. The summed E-state index contributed by atoms with van der Waals surface area (Å²) in [7, 11) is 0. The van der Waals surface area contributed by atoms with Gasteiger partial charge in [-0.1, -0.05) is 60.7 Å². The lowest BCUT2D eigenvalue weighted by atomic mass is 9.86. The van der Waals surface area contributed by atoms with Crippen LogP contribution in [0.3, 0.4) is 0 Å². The molecule has 6 rings (SSSR count). The van der Waals surface area contributed by atoms with Gasteiger partial charge in [0.2, 0.25) is 5.91 Å². The molecule has 3 saturated heterocycles. The molecule has 0 radical (unpaired) electrons. The van der Waals surface area contributed by atoms with Gasteiger partial charge in [0, 0.05) is 6.54 Å². The van der Waals surface area contributed by atoms with E-state index in [2.05, 4.69) is 16.0 Å². The number of carboxylic acid groups (broad SMARTS) is 3. The van der Waals surface area contributed by atoms with Gasteiger partial charge in [0.1, 0.15) is 12.4 Å². The molecule has 3 aliphatic rings. The van der Waals surface area contributed by atoms with E-state index in [4.69, 9.17) is 4.74 Å². The highest BCUT2D eigenvalue weighted by atomic mass is 16.5. The lowest BCUT2D eigenvalue weighted by Crippen LogP contribution is -2.35. The van der Waals surface area contributed by atoms with Crippen LogP contribution in [0.2, 0.25) is 0 Å². The number of carbonyl (C=O) groups excluding carboxylic acids is 1. The van der Waals surface area contributed by atoms with E-state index in [1.54, 1.807) is 42.5 Å². The minimum Gasteiger partial charge on any atom is -0.492 e. The van der Waals surface area contributed by atoms with Crippen LogP contribution in [0, 0.1) is 35.5 Å². The fourth-order valence-corrected chi connectivity index (χ4v) is 8.55. The average molecular weight is 771 g/mol. The molecule has 6 atom stereocenters. The van der Waals surface area contributed by atoms with Gasteiger partial charge in [-0.25, -0.2) is 0 Å². The van der Waals surface area contributed by atoms with E-state index in [-0.39, 0.29) is 30.7 Å². The minimum atomic E-state index is -2.32. The van der Waals surface area contributed by atoms with Crippen LogP contribution in [0.25, 0.3) is 0 Å². The smallest absolute Gasteiger partial charge is 0.307 e. The standard InChI is InChI=1S/C44H56N4O8/c49-41(24-31-6-1-4-29(18-31)21-38(42(50)51)34-10-13-45-25-34)48(28-33-8-2-5-30(19-33)22-39(43(52)53)35-11-14-46-26-35)16-17-56-37-9-3-7-32(20-37)23-40(44(54)55)36-12-15-47-27-36/h1-9,18-20,34-36,38-40,45-47H,10-17,21-28H2,(H,50,51)(H,52,53)(H,54,55)/i16D2. The van der Waals surface area contributed by atoms with Gasteiger partial charge in [-0.15, -0.1) is 0 Å². The number of amides is 1. The maximum atomic E-state index is 14.3. The first kappa shape index (κ1) is 38.1. The Morgan fingerprint density at radius 2 is 1.07 bits per heavy atom. The second kappa shape index (κ2) is 19.9. The number of nitrogens with one attached hydrogen (secondary N) is 3. The van der Waals surface area contributed by atoms with Crippen molar-refractivity contribution in [3.63, 3.8) is 0 Å². The van der Waals surface area contributed by atoms with E-state index in [0.717, 1.165) is 60.5 Å². The lowest BCUT2D eigenvalue weighted by molar-refractivity contribution is -0.144. The third-order valence-corrected chi connectivity index (χ3v) is 11.7. The largest absolute Gasteiger partial charge is 0.492 e. The van der Waals surface area contributed by atoms with Crippen LogP contribution in [-0.2, 0) is 51.4 Å². The van der Waals surface area contributed by atoms with E-state index >= 15 is 0 Å². The molecular formula is C44H56N4O8. The molecule has 0 spiro atoms. The number of benzene rings is 3. The predicted octanol–water partition coefficient (Wildman–Crippen LogP) is 3.90. The fourth-order valence-electron chi connectivity index (χ4n) is 8.55. The van der Waals surface area contributed by atoms with Crippen molar-refractivity contribution >= 4 is 23.8 Å². The summed E-state index contributed by atoms with van der Waals surface area (Å²) in [5.74, 6) is -4.46. The van der Waals surface area contributed by atoms with E-state index in [0.29, 0.717) is 55.8 Å². The number of ether oxygens (including phenoxy) is 1. The first-order chi connectivity index (χ1) is 27.9. The van der Waals surface area contributed by atoms with Crippen LogP contribution in [0.15, 0.2) is 72.8 Å². The molecule has 56 heavy (non-hydrogen) atoms. The van der Waals surface area contributed by atoms with E-state index in [1.807, 2.05) is 30.3 Å². The van der Waals surface area contributed by atoms with Gasteiger partial charge >= 0.3 is 17.9 Å². The van der Waals surface area contributed by atoms with Gasteiger partial charge < -0.3 is 40.9 Å². The molecule has 3 aliphatic heterocycles. The van der Waals surface area contributed by atoms with Crippen molar-refractivity contribution in [2.24, 2.45) is 35.5 Å². The molecule has 6 unspecified atom stereocenters. The van der Waals surface area contributed by atoms with Crippen molar-refractivity contribution < 1.29 is 42.0 Å². The zero-order valence-electron chi connectivity index (χ0n) is 33.8. The second-order valence-electron chi connectivity index (χ2n) is 15.6. The SMILES string of the molecule is [2H]C([2H])(COc1cccc(CC(C(=O)O)C2CCNC2)c1)N(Cc1cccc(CC(C(=O)O)C2CCNC2)c1)C(=O)Cc1cccc(CC(C(=O)O)C2CCNC2)c1. The highest BCUT2D eigenvalue weighted by Crippen LogP contribution is 2.27. The Kier molecular flexibility index (Phi) is 13.5. The van der Waals surface area contributed by atoms with Crippen molar-refractivity contribution in [3.05, 3.63) is 101 Å². The Morgan fingerprint density at radius 1 is 0.643 bits per heavy atom. The maximum absolute atomic E-state index is 14.3. The zero-order valence-corrected chi connectivity index (χ0v) is 31.8. The molecule has 1 amide bonds. The monoisotopic (exact) mass is 770 g/mol. The van der Waals surface area contributed by atoms with Crippen LogP contribution in [-0.4, -0.2) is 96.4 Å². The van der Waals surface area contributed by atoms with Gasteiger partial charge in [0.15, 0.2) is 0 Å². The molecule has 12 nitrogen and oxygen atoms in total.